The summed E-state index contributed by atoms with van der Waals surface area (Å²) < 4.78 is 6.41. The molecule has 3 aromatic rings. The van der Waals surface area contributed by atoms with Gasteiger partial charge in [-0.25, -0.2) is 4.98 Å². The molecule has 1 aromatic carbocycles. The molecule has 0 atom stereocenters. The number of thiazole rings is 1. The fourth-order valence-corrected chi connectivity index (χ4v) is 2.33. The van der Waals surface area contributed by atoms with Crippen molar-refractivity contribution in [2.45, 2.75) is 6.92 Å². The average molecular weight is 205 g/mol. The summed E-state index contributed by atoms with van der Waals surface area (Å²) in [6.07, 6.45) is 0. The van der Waals surface area contributed by atoms with Gasteiger partial charge in [0.2, 0.25) is 0 Å². The van der Waals surface area contributed by atoms with E-state index in [1.165, 1.54) is 0 Å². The maximum absolute atomic E-state index is 5.49. The second-order valence-electron chi connectivity index (χ2n) is 3.05. The molecule has 0 aliphatic carbocycles. The Bertz CT molecular complexity index is 570. The second kappa shape index (κ2) is 2.45. The number of nitrogens with zero attached hydrogens (tertiary/aromatic N) is 2. The highest BCUT2D eigenvalue weighted by Crippen LogP contribution is 2.29. The maximum atomic E-state index is 5.49. The van der Waals surface area contributed by atoms with Crippen LogP contribution >= 0.6 is 11.3 Å². The number of aromatic nitrogens is 2. The van der Waals surface area contributed by atoms with Crippen LogP contribution in [0.25, 0.3) is 21.3 Å². The second-order valence-corrected chi connectivity index (χ2v) is 4.28. The Labute approximate surface area is 83.4 Å². The summed E-state index contributed by atoms with van der Waals surface area (Å²) in [7, 11) is 0. The number of hydrogen-bond donors (Lipinski definition) is 1. The predicted molar refractivity (Wildman–Crippen MR) is 56.3 cm³/mol. The first kappa shape index (κ1) is 7.75. The summed E-state index contributed by atoms with van der Waals surface area (Å²) in [4.78, 5) is 8.43. The molecular weight excluding hydrogens is 198 g/mol. The lowest BCUT2D eigenvalue weighted by Crippen LogP contribution is -1.80. The van der Waals surface area contributed by atoms with Crippen LogP contribution in [-0.4, -0.2) is 9.97 Å². The maximum Gasteiger partial charge on any atom is 0.293 e. The van der Waals surface area contributed by atoms with Crippen LogP contribution in [0.2, 0.25) is 0 Å². The van der Waals surface area contributed by atoms with Gasteiger partial charge in [-0.2, -0.15) is 4.98 Å². The van der Waals surface area contributed by atoms with E-state index in [0.717, 1.165) is 20.7 Å². The summed E-state index contributed by atoms with van der Waals surface area (Å²) in [5.74, 6) is 0. The minimum absolute atomic E-state index is 0.193. The normalized spacial score (nSPS) is 11.5. The Morgan fingerprint density at radius 3 is 3.07 bits per heavy atom. The van der Waals surface area contributed by atoms with E-state index in [9.17, 15) is 0 Å². The third-order valence-electron chi connectivity index (χ3n) is 2.04. The van der Waals surface area contributed by atoms with Crippen LogP contribution in [0.1, 0.15) is 5.01 Å². The molecule has 0 saturated carbocycles. The van der Waals surface area contributed by atoms with Gasteiger partial charge in [-0.15, -0.1) is 11.3 Å². The zero-order chi connectivity index (χ0) is 9.71. The van der Waals surface area contributed by atoms with Crippen molar-refractivity contribution in [1.29, 1.82) is 0 Å². The van der Waals surface area contributed by atoms with Crippen molar-refractivity contribution >= 4 is 38.7 Å². The Kier molecular flexibility index (Phi) is 1.36. The number of oxazole rings is 1. The molecule has 0 aliphatic rings. The Morgan fingerprint density at radius 2 is 2.21 bits per heavy atom. The van der Waals surface area contributed by atoms with Crippen molar-refractivity contribution in [3.05, 3.63) is 17.1 Å². The Balaban J connectivity index is 2.58. The first-order chi connectivity index (χ1) is 6.74. The lowest BCUT2D eigenvalue weighted by Gasteiger charge is -1.86. The van der Waals surface area contributed by atoms with Crippen molar-refractivity contribution in [2.24, 2.45) is 0 Å². The number of fused-ring (bicyclic) bond motifs is 3. The summed E-state index contributed by atoms with van der Waals surface area (Å²) in [6.45, 7) is 1.97. The number of hydrogen-bond acceptors (Lipinski definition) is 5. The molecule has 3 rings (SSSR count). The highest BCUT2D eigenvalue weighted by Gasteiger charge is 2.10. The molecule has 0 saturated heterocycles. The zero-order valence-electron chi connectivity index (χ0n) is 7.44. The van der Waals surface area contributed by atoms with E-state index in [4.69, 9.17) is 10.2 Å². The fourth-order valence-electron chi connectivity index (χ4n) is 1.50. The van der Waals surface area contributed by atoms with E-state index >= 15 is 0 Å². The third-order valence-corrected chi connectivity index (χ3v) is 2.97. The van der Waals surface area contributed by atoms with Gasteiger partial charge in [0.1, 0.15) is 11.0 Å². The van der Waals surface area contributed by atoms with Crippen LogP contribution in [0.3, 0.4) is 0 Å². The largest absolute Gasteiger partial charge is 0.421 e. The minimum atomic E-state index is 0.193. The number of nitrogens with two attached hydrogens (primary N) is 1. The van der Waals surface area contributed by atoms with Gasteiger partial charge in [0.25, 0.3) is 6.01 Å². The van der Waals surface area contributed by atoms with Crippen LogP contribution in [0.15, 0.2) is 16.5 Å². The standard InChI is InChI=1S/C9H7N3OS/c1-4-11-7-6(14-4)3-2-5-8(7)13-9(10)12-5/h2-3H,1H3,(H2,10,12). The molecule has 0 unspecified atom stereocenters. The molecule has 2 heterocycles. The van der Waals surface area contributed by atoms with Gasteiger partial charge < -0.3 is 10.2 Å². The van der Waals surface area contributed by atoms with Crippen LogP contribution in [0.4, 0.5) is 6.01 Å². The molecule has 0 spiro atoms. The van der Waals surface area contributed by atoms with Gasteiger partial charge in [-0.05, 0) is 19.1 Å². The topological polar surface area (TPSA) is 64.9 Å². The number of aryl methyl sites for hydroxylation is 1. The molecule has 0 bridgehead atoms. The quantitative estimate of drug-likeness (QED) is 0.611. The zero-order valence-corrected chi connectivity index (χ0v) is 8.26. The third kappa shape index (κ3) is 0.927. The molecule has 2 N–H and O–H groups in total. The molecule has 0 aliphatic heterocycles. The monoisotopic (exact) mass is 205 g/mol. The molecule has 0 amide bonds. The minimum Gasteiger partial charge on any atom is -0.421 e. The lowest BCUT2D eigenvalue weighted by molar-refractivity contribution is 0.628. The van der Waals surface area contributed by atoms with Gasteiger partial charge in [0.15, 0.2) is 5.58 Å². The molecule has 2 aromatic heterocycles. The van der Waals surface area contributed by atoms with E-state index in [2.05, 4.69) is 9.97 Å². The molecule has 14 heavy (non-hydrogen) atoms. The molecule has 4 nitrogen and oxygen atoms in total. The predicted octanol–water partition coefficient (Wildman–Crippen LogP) is 2.33. The van der Waals surface area contributed by atoms with Gasteiger partial charge in [-0.1, -0.05) is 0 Å². The first-order valence-electron chi connectivity index (χ1n) is 4.16. The summed E-state index contributed by atoms with van der Waals surface area (Å²) >= 11 is 1.64. The SMILES string of the molecule is Cc1nc2c(ccc3nc(N)oc32)s1. The van der Waals surface area contributed by atoms with E-state index in [1.807, 2.05) is 19.1 Å². The summed E-state index contributed by atoms with van der Waals surface area (Å²) in [6, 6.07) is 4.08. The lowest BCUT2D eigenvalue weighted by atomic mass is 10.3. The van der Waals surface area contributed by atoms with Gasteiger partial charge in [-0.3, -0.25) is 0 Å². The smallest absolute Gasteiger partial charge is 0.293 e. The highest BCUT2D eigenvalue weighted by molar-refractivity contribution is 7.18. The van der Waals surface area contributed by atoms with Crippen molar-refractivity contribution < 1.29 is 4.42 Å². The van der Waals surface area contributed by atoms with Crippen LogP contribution in [0.5, 0.6) is 0 Å². The summed E-state index contributed by atoms with van der Waals surface area (Å²) in [5, 5.41) is 1.02. The van der Waals surface area contributed by atoms with E-state index in [-0.39, 0.29) is 6.01 Å². The number of anilines is 1. The molecule has 0 fully saturated rings. The van der Waals surface area contributed by atoms with Crippen LogP contribution < -0.4 is 5.73 Å². The Hall–Kier alpha value is -1.62. The van der Waals surface area contributed by atoms with Gasteiger partial charge in [0.05, 0.1) is 9.71 Å². The molecular formula is C9H7N3OS. The van der Waals surface area contributed by atoms with Crippen molar-refractivity contribution in [2.75, 3.05) is 5.73 Å². The molecule has 70 valence electrons. The fraction of sp³-hybridized carbons (Fsp3) is 0.111. The average Bonchev–Trinajstić information content (AvgIpc) is 2.65. The van der Waals surface area contributed by atoms with Crippen LogP contribution in [-0.2, 0) is 0 Å². The number of rotatable bonds is 0. The van der Waals surface area contributed by atoms with Crippen LogP contribution in [0, 0.1) is 6.92 Å². The van der Waals surface area contributed by atoms with Gasteiger partial charge in [0, 0.05) is 0 Å². The van der Waals surface area contributed by atoms with E-state index < -0.39 is 0 Å². The van der Waals surface area contributed by atoms with E-state index in [1.54, 1.807) is 11.3 Å². The number of nitrogen functional groups attached to an aromatic ring is 1. The van der Waals surface area contributed by atoms with Crippen molar-refractivity contribution in [3.63, 3.8) is 0 Å². The van der Waals surface area contributed by atoms with E-state index in [0.29, 0.717) is 5.58 Å². The Morgan fingerprint density at radius 1 is 1.36 bits per heavy atom. The molecule has 5 heteroatoms. The van der Waals surface area contributed by atoms with Gasteiger partial charge >= 0.3 is 0 Å². The van der Waals surface area contributed by atoms with Crippen molar-refractivity contribution in [3.8, 4) is 0 Å². The molecule has 0 radical (unpaired) electrons. The highest BCUT2D eigenvalue weighted by atomic mass is 32.1. The van der Waals surface area contributed by atoms with Crippen molar-refractivity contribution in [1.82, 2.24) is 9.97 Å². The number of benzene rings is 1. The summed E-state index contributed by atoms with van der Waals surface area (Å²) in [5.41, 5.74) is 7.79. The first-order valence-corrected chi connectivity index (χ1v) is 4.98.